The maximum atomic E-state index is 6.59. The Kier molecular flexibility index (Phi) is 14.4. The fraction of sp³-hybridized carbons (Fsp3) is 0.600. The van der Waals surface area contributed by atoms with Crippen molar-refractivity contribution in [3.63, 3.8) is 0 Å². The Balaban J connectivity index is 1.33. The lowest BCUT2D eigenvalue weighted by Crippen LogP contribution is -2.32. The molecule has 210 valence electrons. The number of likely N-dealkylation sites (N-methyl/N-ethyl adjacent to an activating group) is 1. The predicted molar refractivity (Wildman–Crippen MR) is 164 cm³/mol. The summed E-state index contributed by atoms with van der Waals surface area (Å²) in [6, 6.07) is 21.5. The van der Waals surface area contributed by atoms with Gasteiger partial charge in [0.25, 0.3) is 0 Å². The van der Waals surface area contributed by atoms with E-state index in [4.69, 9.17) is 4.74 Å². The van der Waals surface area contributed by atoms with Crippen LogP contribution in [-0.2, 0) is 4.74 Å². The second kappa shape index (κ2) is 18.1. The quantitative estimate of drug-likeness (QED) is 0.162. The minimum absolute atomic E-state index is 0.109. The van der Waals surface area contributed by atoms with Crippen molar-refractivity contribution in [1.29, 1.82) is 0 Å². The molecule has 1 unspecified atom stereocenters. The maximum absolute atomic E-state index is 6.59. The summed E-state index contributed by atoms with van der Waals surface area (Å²) in [6.07, 6.45) is 22.2. The number of rotatable bonds is 20. The van der Waals surface area contributed by atoms with E-state index in [-0.39, 0.29) is 6.04 Å². The molecule has 3 heteroatoms. The third-order valence-electron chi connectivity index (χ3n) is 8.07. The normalized spacial score (nSPS) is 16.0. The number of nitrogens with zero attached hydrogens (tertiary/aromatic N) is 2. The van der Waals surface area contributed by atoms with Crippen molar-refractivity contribution in [2.45, 2.75) is 116 Å². The molecule has 0 saturated heterocycles. The summed E-state index contributed by atoms with van der Waals surface area (Å²) in [4.78, 5) is 0. The van der Waals surface area contributed by atoms with Gasteiger partial charge in [0.1, 0.15) is 11.8 Å². The number of hydrazine groups is 1. The molecule has 0 saturated carbocycles. The minimum Gasteiger partial charge on any atom is -0.494 e. The fourth-order valence-electron chi connectivity index (χ4n) is 5.70. The van der Waals surface area contributed by atoms with E-state index in [1.165, 1.54) is 113 Å². The SMILES string of the molecule is CCCCCCCCCCCCCCCCCCOC1=C(c2ccccc2)N(C)N(C)C1c1ccccc1. The highest BCUT2D eigenvalue weighted by Crippen LogP contribution is 2.42. The number of unbranched alkanes of at least 4 members (excludes halogenated alkanes) is 15. The average Bonchev–Trinajstić information content (AvgIpc) is 3.20. The highest BCUT2D eigenvalue weighted by Gasteiger charge is 2.37. The minimum atomic E-state index is 0.109. The molecule has 2 aromatic carbocycles. The van der Waals surface area contributed by atoms with Crippen LogP contribution < -0.4 is 0 Å². The van der Waals surface area contributed by atoms with Gasteiger partial charge in [-0.05, 0) is 12.0 Å². The largest absolute Gasteiger partial charge is 0.494 e. The summed E-state index contributed by atoms with van der Waals surface area (Å²) in [5.74, 6) is 1.08. The summed E-state index contributed by atoms with van der Waals surface area (Å²) in [5, 5.41) is 4.54. The zero-order valence-corrected chi connectivity index (χ0v) is 24.7. The van der Waals surface area contributed by atoms with Crippen molar-refractivity contribution < 1.29 is 4.74 Å². The Bertz CT molecular complexity index is 895. The molecule has 1 aliphatic rings. The molecule has 0 spiro atoms. The maximum Gasteiger partial charge on any atom is 0.145 e. The molecule has 2 aromatic rings. The van der Waals surface area contributed by atoms with E-state index in [1.807, 2.05) is 0 Å². The van der Waals surface area contributed by atoms with Crippen LogP contribution in [0.4, 0.5) is 0 Å². The van der Waals surface area contributed by atoms with Crippen LogP contribution >= 0.6 is 0 Å². The first-order valence-corrected chi connectivity index (χ1v) is 15.7. The highest BCUT2D eigenvalue weighted by molar-refractivity contribution is 5.69. The first-order valence-electron chi connectivity index (χ1n) is 15.7. The van der Waals surface area contributed by atoms with Crippen LogP contribution in [0.2, 0.25) is 0 Å². The van der Waals surface area contributed by atoms with E-state index in [2.05, 4.69) is 91.7 Å². The Morgan fingerprint density at radius 2 is 1.03 bits per heavy atom. The van der Waals surface area contributed by atoms with Gasteiger partial charge < -0.3 is 9.75 Å². The zero-order chi connectivity index (χ0) is 26.8. The first kappa shape index (κ1) is 30.3. The average molecular weight is 519 g/mol. The summed E-state index contributed by atoms with van der Waals surface area (Å²) >= 11 is 0. The fourth-order valence-corrected chi connectivity index (χ4v) is 5.70. The van der Waals surface area contributed by atoms with E-state index in [0.29, 0.717) is 0 Å². The monoisotopic (exact) mass is 518 g/mol. The van der Waals surface area contributed by atoms with Crippen molar-refractivity contribution in [3.8, 4) is 0 Å². The second-order valence-electron chi connectivity index (χ2n) is 11.1. The van der Waals surface area contributed by atoms with Crippen LogP contribution in [0.5, 0.6) is 0 Å². The lowest BCUT2D eigenvalue weighted by molar-refractivity contribution is 0.0607. The van der Waals surface area contributed by atoms with Crippen LogP contribution in [0, 0.1) is 0 Å². The van der Waals surface area contributed by atoms with Gasteiger partial charge in [0, 0.05) is 19.7 Å². The molecule has 0 N–H and O–H groups in total. The third kappa shape index (κ3) is 9.80. The molecule has 0 fully saturated rings. The van der Waals surface area contributed by atoms with Crippen molar-refractivity contribution in [2.24, 2.45) is 0 Å². The molecule has 1 heterocycles. The van der Waals surface area contributed by atoms with Crippen LogP contribution in [0.1, 0.15) is 127 Å². The smallest absolute Gasteiger partial charge is 0.145 e. The molecule has 0 radical (unpaired) electrons. The molecule has 0 aliphatic carbocycles. The van der Waals surface area contributed by atoms with E-state index >= 15 is 0 Å². The molecule has 1 aliphatic heterocycles. The Hall–Kier alpha value is -2.26. The van der Waals surface area contributed by atoms with Crippen molar-refractivity contribution >= 4 is 5.70 Å². The van der Waals surface area contributed by atoms with Gasteiger partial charge in [-0.15, -0.1) is 0 Å². The zero-order valence-electron chi connectivity index (χ0n) is 24.7. The topological polar surface area (TPSA) is 15.7 Å². The first-order chi connectivity index (χ1) is 18.7. The number of ether oxygens (including phenoxy) is 1. The molecule has 3 rings (SSSR count). The van der Waals surface area contributed by atoms with Crippen LogP contribution in [0.3, 0.4) is 0 Å². The Labute approximate surface area is 234 Å². The van der Waals surface area contributed by atoms with Gasteiger partial charge >= 0.3 is 0 Å². The van der Waals surface area contributed by atoms with Gasteiger partial charge in [0.05, 0.1) is 12.3 Å². The molecule has 3 nitrogen and oxygen atoms in total. The van der Waals surface area contributed by atoms with Crippen LogP contribution in [0.25, 0.3) is 5.70 Å². The molecular weight excluding hydrogens is 464 g/mol. The summed E-state index contributed by atoms with van der Waals surface area (Å²) < 4.78 is 6.59. The van der Waals surface area contributed by atoms with Gasteiger partial charge in [-0.1, -0.05) is 164 Å². The summed E-state index contributed by atoms with van der Waals surface area (Å²) in [5.41, 5.74) is 3.66. The summed E-state index contributed by atoms with van der Waals surface area (Å²) in [7, 11) is 4.30. The number of benzene rings is 2. The lowest BCUT2D eigenvalue weighted by Gasteiger charge is -2.28. The van der Waals surface area contributed by atoms with E-state index in [1.54, 1.807) is 0 Å². The van der Waals surface area contributed by atoms with Gasteiger partial charge in [-0.3, -0.25) is 0 Å². The van der Waals surface area contributed by atoms with Gasteiger partial charge in [0.15, 0.2) is 0 Å². The molecule has 38 heavy (non-hydrogen) atoms. The number of hydrogen-bond acceptors (Lipinski definition) is 3. The van der Waals surface area contributed by atoms with E-state index in [9.17, 15) is 0 Å². The van der Waals surface area contributed by atoms with Gasteiger partial charge in [-0.2, -0.15) is 0 Å². The van der Waals surface area contributed by atoms with E-state index < -0.39 is 0 Å². The molecular formula is C35H54N2O. The second-order valence-corrected chi connectivity index (χ2v) is 11.1. The highest BCUT2D eigenvalue weighted by atomic mass is 16.5. The molecule has 1 atom stereocenters. The van der Waals surface area contributed by atoms with Gasteiger partial charge in [-0.25, -0.2) is 5.01 Å². The van der Waals surface area contributed by atoms with Crippen molar-refractivity contribution in [2.75, 3.05) is 20.7 Å². The predicted octanol–water partition coefficient (Wildman–Crippen LogP) is 10.2. The lowest BCUT2D eigenvalue weighted by atomic mass is 10.0. The van der Waals surface area contributed by atoms with Crippen molar-refractivity contribution in [1.82, 2.24) is 10.0 Å². The van der Waals surface area contributed by atoms with Crippen LogP contribution in [-0.4, -0.2) is 30.7 Å². The Morgan fingerprint density at radius 3 is 1.53 bits per heavy atom. The van der Waals surface area contributed by atoms with E-state index in [0.717, 1.165) is 18.8 Å². The molecule has 0 aromatic heterocycles. The Morgan fingerprint density at radius 1 is 0.579 bits per heavy atom. The molecule has 0 bridgehead atoms. The van der Waals surface area contributed by atoms with Gasteiger partial charge in [0.2, 0.25) is 0 Å². The third-order valence-corrected chi connectivity index (χ3v) is 8.07. The summed E-state index contributed by atoms with van der Waals surface area (Å²) in [6.45, 7) is 3.08. The van der Waals surface area contributed by atoms with Crippen LogP contribution in [0.15, 0.2) is 66.4 Å². The molecule has 0 amide bonds. The number of hydrogen-bond donors (Lipinski definition) is 0. The standard InChI is InChI=1S/C35H54N2O/c1-4-5-6-7-8-9-10-11-12-13-14-15-16-17-18-25-30-38-35-33(31-26-21-19-22-27-31)36(2)37(3)34(35)32-28-23-20-24-29-32/h19-24,26-29,33H,4-18,25,30H2,1-3H3. The van der Waals surface area contributed by atoms with Crippen molar-refractivity contribution in [3.05, 3.63) is 77.5 Å².